The molecule has 3 aromatic heterocycles. The van der Waals surface area contributed by atoms with Gasteiger partial charge in [-0.25, -0.2) is 4.98 Å². The molecule has 0 unspecified atom stereocenters. The van der Waals surface area contributed by atoms with Gasteiger partial charge in [0.1, 0.15) is 17.3 Å². The third kappa shape index (κ3) is 9.14. The van der Waals surface area contributed by atoms with Crippen LogP contribution in [0.25, 0.3) is 83.4 Å². The molecule has 0 spiro atoms. The van der Waals surface area contributed by atoms with E-state index in [9.17, 15) is 19.2 Å². The minimum Gasteiger partial charge on any atom is -0.458 e. The molecule has 0 atom stereocenters. The van der Waals surface area contributed by atoms with Gasteiger partial charge in [0.2, 0.25) is 0 Å². The standard InChI is InChI=1S/C77H60N4OSi/c1-54-46-75(78-52-69(54)56-28-12-6-13-29-56)81-70-41-21-20-40-66(70)67-45-44-62(51-73(67)81)82-61-33-25-32-60(50-61)79-53-80(72-43-23-22-42-71(72)79)76-68(57-30-24-31-59(47-57)77(2,3)4)48-58(55-26-10-5-11-27-55)49-74(76)83(63-34-14-7-15-35-63,64-36-16-8-17-37-64)65-38-18-9-19-39-65/h5-52H,1-4H3/i1D3,5D,6D,7D,8D,9D,10D,11D,12D,13D,14D,15D,16D,17D,18D,19D,26D,27D,28D,29D,34D,35D,36D,37D,38D,39D. The van der Waals surface area contributed by atoms with Crippen molar-refractivity contribution >= 4 is 61.7 Å². The van der Waals surface area contributed by atoms with Crippen LogP contribution in [0.5, 0.6) is 11.5 Å². The minimum absolute atomic E-state index is 0.00763. The van der Waals surface area contributed by atoms with Crippen LogP contribution in [-0.2, 0) is 5.41 Å². The summed E-state index contributed by atoms with van der Waals surface area (Å²) >= 11 is 0. The lowest BCUT2D eigenvalue weighted by Gasteiger charge is -2.37. The van der Waals surface area contributed by atoms with Gasteiger partial charge in [-0.05, 0) is 120 Å². The van der Waals surface area contributed by atoms with Crippen molar-refractivity contribution in [3.8, 4) is 62.1 Å². The van der Waals surface area contributed by atoms with E-state index < -0.39 is 198 Å². The van der Waals surface area contributed by atoms with Crippen molar-refractivity contribution in [3.63, 3.8) is 0 Å². The molecular formula is C77H60N4OSi. The zero-order valence-electron chi connectivity index (χ0n) is 72.5. The Labute approximate surface area is 525 Å². The lowest BCUT2D eigenvalue weighted by molar-refractivity contribution is -0.570. The van der Waals surface area contributed by atoms with E-state index >= 15 is 0 Å². The van der Waals surface area contributed by atoms with Gasteiger partial charge < -0.3 is 4.74 Å². The summed E-state index contributed by atoms with van der Waals surface area (Å²) in [6.45, 7) is 2.88. The molecule has 14 aromatic rings. The van der Waals surface area contributed by atoms with Crippen LogP contribution in [0.3, 0.4) is 0 Å². The fourth-order valence-electron chi connectivity index (χ4n) is 10.8. The molecule has 0 aliphatic rings. The predicted molar refractivity (Wildman–Crippen MR) is 346 cm³/mol. The fraction of sp³-hybridized carbons (Fsp3) is 0.0649. The fourth-order valence-corrected chi connectivity index (χ4v) is 14.8. The summed E-state index contributed by atoms with van der Waals surface area (Å²) < 4.78 is 271. The van der Waals surface area contributed by atoms with Gasteiger partial charge in [-0.2, -0.15) is 0 Å². The van der Waals surface area contributed by atoms with Crippen LogP contribution < -0.4 is 30.1 Å². The molecule has 0 aliphatic carbocycles. The second-order valence-electron chi connectivity index (χ2n) is 20.5. The maximum Gasteiger partial charge on any atom is 0.269 e. The summed E-state index contributed by atoms with van der Waals surface area (Å²) in [5, 5.41) is -1.65. The number of para-hydroxylation sites is 3. The number of hydrogen-bond donors (Lipinski definition) is 0. The van der Waals surface area contributed by atoms with Gasteiger partial charge in [0.25, 0.3) is 6.33 Å². The number of fused-ring (bicyclic) bond motifs is 4. The largest absolute Gasteiger partial charge is 0.458 e. The molecule has 0 radical (unpaired) electrons. The Hall–Kier alpha value is -10.1. The number of imidazole rings is 1. The van der Waals surface area contributed by atoms with E-state index in [4.69, 9.17) is 28.9 Å². The normalized spacial score (nSPS) is 16.8. The smallest absolute Gasteiger partial charge is 0.269 e. The number of benzene rings is 11. The number of aryl methyl sites for hydroxylation is 1. The van der Waals surface area contributed by atoms with Crippen LogP contribution in [0.1, 0.15) is 70.3 Å². The first-order valence-electron chi connectivity index (χ1n) is 40.2. The van der Waals surface area contributed by atoms with Crippen molar-refractivity contribution < 1.29 is 47.7 Å². The van der Waals surface area contributed by atoms with Gasteiger partial charge in [-0.3, -0.25) is 13.7 Å². The summed E-state index contributed by atoms with van der Waals surface area (Å²) in [4.78, 5) is 4.71. The van der Waals surface area contributed by atoms with Crippen LogP contribution in [0, 0.1) is 13.2 Å². The Kier molecular flexibility index (Phi) is 7.37. The molecule has 0 bridgehead atoms. The first kappa shape index (κ1) is 29.0. The van der Waals surface area contributed by atoms with Gasteiger partial charge in [0.05, 0.1) is 67.7 Å². The van der Waals surface area contributed by atoms with Crippen LogP contribution in [0.4, 0.5) is 0 Å². The summed E-state index contributed by atoms with van der Waals surface area (Å²) in [5.41, 5.74) is 0.383. The number of aromatic nitrogens is 4. The van der Waals surface area contributed by atoms with Crippen molar-refractivity contribution in [1.29, 1.82) is 0 Å². The zero-order valence-corrected chi connectivity index (χ0v) is 45.5. The maximum atomic E-state index is 10.2. The Morgan fingerprint density at radius 3 is 1.78 bits per heavy atom. The second kappa shape index (κ2) is 21.1. The number of nitrogens with zero attached hydrogens (tertiary/aromatic N) is 4. The SMILES string of the molecule is [2H]c1c([2H])c([2H])c(-c2cc(-c3cccc(C(C)(C)C)c3)c(-[n+]3[c-]n(-c4cccc(Oc5ccc6c7ccccc7n(-c7cc(C([2H])([2H])[2H])c(-c8c([2H])c([2H])c([2H])c([2H])c8[2H])cn7)c6c5)c4)c4ccccc43)c([Si](c3c([2H])c([2H])c([2H])c([2H])c3[2H])(c3c([2H])c([2H])c([2H])c([2H])c3[2H])c3c([2H])c([2H])c([2H])c([2H])c3[2H])c2)c([2H])c1[2H]. The summed E-state index contributed by atoms with van der Waals surface area (Å²) in [7, 11) is -6.29. The topological polar surface area (TPSA) is 35.9 Å². The third-order valence-corrected chi connectivity index (χ3v) is 18.8. The monoisotopic (exact) mass is 1110 g/mol. The highest BCUT2D eigenvalue weighted by Gasteiger charge is 2.44. The number of ether oxygens (including phenoxy) is 1. The Balaban J connectivity index is 1.09. The number of pyridine rings is 1. The first-order valence-corrected chi connectivity index (χ1v) is 28.2. The van der Waals surface area contributed by atoms with E-state index in [0.717, 1.165) is 5.39 Å². The van der Waals surface area contributed by atoms with Gasteiger partial charge in [-0.15, -0.1) is 0 Å². The molecule has 6 heteroatoms. The molecule has 398 valence electrons. The predicted octanol–water partition coefficient (Wildman–Crippen LogP) is 16.0. The van der Waals surface area contributed by atoms with Crippen LogP contribution in [-0.4, -0.2) is 22.2 Å². The van der Waals surface area contributed by atoms with E-state index in [-0.39, 0.29) is 61.9 Å². The van der Waals surface area contributed by atoms with Crippen LogP contribution in [0.2, 0.25) is 0 Å². The number of rotatable bonds is 12. The molecule has 11 aromatic carbocycles. The van der Waals surface area contributed by atoms with Gasteiger partial charge in [-0.1, -0.05) is 251 Å². The molecule has 14 rings (SSSR count). The first-order chi connectivity index (χ1) is 52.3. The molecule has 0 N–H and O–H groups in total. The second-order valence-corrected chi connectivity index (χ2v) is 24.0. The zero-order chi connectivity index (χ0) is 80.3. The maximum absolute atomic E-state index is 10.2. The number of hydrogen-bond acceptors (Lipinski definition) is 2. The Morgan fingerprint density at radius 2 is 1.11 bits per heavy atom. The van der Waals surface area contributed by atoms with Crippen molar-refractivity contribution in [2.75, 3.05) is 0 Å². The molecule has 0 fully saturated rings. The Bertz CT molecular complexity index is 6070. The lowest BCUT2D eigenvalue weighted by atomic mass is 9.85. The highest BCUT2D eigenvalue weighted by molar-refractivity contribution is 7.20. The Morgan fingerprint density at radius 1 is 0.506 bits per heavy atom. The average molecular weight is 1110 g/mol. The lowest BCUT2D eigenvalue weighted by Crippen LogP contribution is -2.76. The molecule has 3 heterocycles. The third-order valence-electron chi connectivity index (χ3n) is 14.6. The van der Waals surface area contributed by atoms with Gasteiger partial charge in [0, 0.05) is 32.7 Å². The molecule has 0 aliphatic heterocycles. The summed E-state index contributed by atoms with van der Waals surface area (Å²) in [6, 6.07) is 13.9. The highest BCUT2D eigenvalue weighted by Crippen LogP contribution is 2.38. The minimum atomic E-state index is -6.29. The van der Waals surface area contributed by atoms with E-state index in [2.05, 4.69) is 6.33 Å². The quantitative estimate of drug-likeness (QED) is 0.0529. The molecule has 0 amide bonds. The molecule has 0 saturated carbocycles. The van der Waals surface area contributed by atoms with Crippen molar-refractivity contribution in [1.82, 2.24) is 14.1 Å². The van der Waals surface area contributed by atoms with E-state index in [1.165, 1.54) is 29.0 Å². The molecular weight excluding hydrogens is 1020 g/mol. The van der Waals surface area contributed by atoms with E-state index in [1.54, 1.807) is 106 Å². The van der Waals surface area contributed by atoms with Crippen molar-refractivity contribution in [2.45, 2.75) is 33.0 Å². The molecule has 83 heavy (non-hydrogen) atoms. The van der Waals surface area contributed by atoms with Gasteiger partial charge >= 0.3 is 0 Å². The summed E-state index contributed by atoms with van der Waals surface area (Å²) in [5.74, 6) is 0.543. The van der Waals surface area contributed by atoms with Crippen molar-refractivity contribution in [2.24, 2.45) is 0 Å². The van der Waals surface area contributed by atoms with Crippen LogP contribution in [0.15, 0.2) is 291 Å². The van der Waals surface area contributed by atoms with Gasteiger partial charge in [0.15, 0.2) is 8.07 Å². The van der Waals surface area contributed by atoms with E-state index in [1.807, 2.05) is 39.0 Å². The summed E-state index contributed by atoms with van der Waals surface area (Å²) in [6.07, 6.45) is 4.66. The highest BCUT2D eigenvalue weighted by atomic mass is 28.3. The average Bonchev–Trinajstić information content (AvgIpc) is 1.05. The molecule has 5 nitrogen and oxygen atoms in total. The van der Waals surface area contributed by atoms with Crippen molar-refractivity contribution in [3.05, 3.63) is 308 Å². The van der Waals surface area contributed by atoms with E-state index in [0.29, 0.717) is 33.2 Å². The van der Waals surface area contributed by atoms with Crippen LogP contribution >= 0.6 is 0 Å². The molecule has 0 saturated heterocycles.